The summed E-state index contributed by atoms with van der Waals surface area (Å²) >= 11 is 6.71. The maximum absolute atomic E-state index is 12.9. The molecule has 140 valence electrons. The van der Waals surface area contributed by atoms with Crippen LogP contribution in [0.15, 0.2) is 94.3 Å². The second-order valence-electron chi connectivity index (χ2n) is 6.58. The Morgan fingerprint density at radius 3 is 2.48 bits per heavy atom. The molecule has 0 bridgehead atoms. The molecule has 3 aromatic carbocycles. The average molecular weight is 414 g/mol. The van der Waals surface area contributed by atoms with E-state index >= 15 is 0 Å². The Labute approximate surface area is 177 Å². The van der Waals surface area contributed by atoms with Crippen LogP contribution in [0.5, 0.6) is 0 Å². The molecule has 0 spiro atoms. The second kappa shape index (κ2) is 7.35. The molecule has 5 heteroatoms. The van der Waals surface area contributed by atoms with E-state index in [0.29, 0.717) is 15.0 Å². The number of para-hydroxylation sites is 1. The highest BCUT2D eigenvalue weighted by Gasteiger charge is 2.33. The molecule has 0 unspecified atom stereocenters. The Balaban J connectivity index is 1.48. The van der Waals surface area contributed by atoms with Gasteiger partial charge in [-0.2, -0.15) is 0 Å². The van der Waals surface area contributed by atoms with Crippen molar-refractivity contribution in [3.05, 3.63) is 95.6 Å². The van der Waals surface area contributed by atoms with Crippen molar-refractivity contribution in [3.63, 3.8) is 0 Å². The number of furan rings is 1. The molecular weight excluding hydrogens is 398 g/mol. The first-order chi connectivity index (χ1) is 14.2. The minimum atomic E-state index is -0.130. The summed E-state index contributed by atoms with van der Waals surface area (Å²) < 4.78 is 6.58. The molecule has 1 amide bonds. The number of hydrogen-bond donors (Lipinski definition) is 0. The van der Waals surface area contributed by atoms with E-state index in [1.54, 1.807) is 11.0 Å². The minimum absolute atomic E-state index is 0.130. The molecule has 1 aliphatic heterocycles. The van der Waals surface area contributed by atoms with E-state index in [9.17, 15) is 4.79 Å². The average Bonchev–Trinajstić information content (AvgIpc) is 3.32. The highest BCUT2D eigenvalue weighted by atomic mass is 32.2. The summed E-state index contributed by atoms with van der Waals surface area (Å²) in [5, 5.41) is 2.29. The van der Waals surface area contributed by atoms with Crippen molar-refractivity contribution in [2.75, 3.05) is 4.90 Å². The van der Waals surface area contributed by atoms with Gasteiger partial charge in [0.15, 0.2) is 4.32 Å². The van der Waals surface area contributed by atoms with Gasteiger partial charge in [-0.05, 0) is 35.0 Å². The number of carbonyl (C=O) groups excluding carboxylic acids is 1. The predicted molar refractivity (Wildman–Crippen MR) is 124 cm³/mol. The van der Waals surface area contributed by atoms with Gasteiger partial charge in [-0.25, -0.2) is 0 Å². The quantitative estimate of drug-likeness (QED) is 0.283. The van der Waals surface area contributed by atoms with Gasteiger partial charge >= 0.3 is 0 Å². The number of benzene rings is 3. The molecule has 1 saturated heterocycles. The van der Waals surface area contributed by atoms with Crippen LogP contribution in [0.4, 0.5) is 5.69 Å². The van der Waals surface area contributed by atoms with Crippen LogP contribution in [0.2, 0.25) is 0 Å². The fraction of sp³-hybridized carbons (Fsp3) is 0. The molecule has 3 nitrogen and oxygen atoms in total. The number of rotatable bonds is 3. The molecule has 0 atom stereocenters. The zero-order chi connectivity index (χ0) is 19.8. The monoisotopic (exact) mass is 413 g/mol. The van der Waals surface area contributed by atoms with Gasteiger partial charge in [0.05, 0.1) is 10.6 Å². The molecule has 1 aromatic heterocycles. The van der Waals surface area contributed by atoms with Crippen LogP contribution in [0.1, 0.15) is 5.76 Å². The van der Waals surface area contributed by atoms with E-state index in [1.165, 1.54) is 11.8 Å². The first kappa shape index (κ1) is 17.9. The lowest BCUT2D eigenvalue weighted by atomic mass is 10.0. The van der Waals surface area contributed by atoms with Gasteiger partial charge in [0.25, 0.3) is 5.91 Å². The highest BCUT2D eigenvalue weighted by Crippen LogP contribution is 2.37. The van der Waals surface area contributed by atoms with E-state index in [4.69, 9.17) is 16.6 Å². The second-order valence-corrected chi connectivity index (χ2v) is 8.26. The number of anilines is 1. The number of amides is 1. The van der Waals surface area contributed by atoms with Gasteiger partial charge in [-0.1, -0.05) is 84.6 Å². The number of thioether (sulfide) groups is 1. The Morgan fingerprint density at radius 1 is 0.862 bits per heavy atom. The van der Waals surface area contributed by atoms with Crippen LogP contribution in [0.25, 0.3) is 28.2 Å². The summed E-state index contributed by atoms with van der Waals surface area (Å²) in [5.41, 5.74) is 1.80. The molecule has 5 rings (SSSR count). The van der Waals surface area contributed by atoms with Crippen LogP contribution in [0.3, 0.4) is 0 Å². The standard InChI is InChI=1S/C24H15NO2S2/c26-23-22(29-24(28)25(23)17-9-2-1-3-10-17)15-18-13-14-21(27-18)20-12-6-8-16-7-4-5-11-19(16)20/h1-15H/b22-15+. The molecule has 1 fully saturated rings. The fourth-order valence-electron chi connectivity index (χ4n) is 3.41. The number of thiocarbonyl (C=S) groups is 1. The molecular formula is C24H15NO2S2. The summed E-state index contributed by atoms with van der Waals surface area (Å²) in [6, 6.07) is 27.6. The molecule has 0 radical (unpaired) electrons. The number of hydrogen-bond acceptors (Lipinski definition) is 4. The third-order valence-electron chi connectivity index (χ3n) is 4.76. The summed E-state index contributed by atoms with van der Waals surface area (Å²) in [6.07, 6.45) is 1.76. The van der Waals surface area contributed by atoms with Crippen molar-refractivity contribution in [1.82, 2.24) is 0 Å². The summed E-state index contributed by atoms with van der Waals surface area (Å²) in [5.74, 6) is 1.27. The van der Waals surface area contributed by atoms with Gasteiger partial charge in [-0.3, -0.25) is 9.69 Å². The zero-order valence-corrected chi connectivity index (χ0v) is 16.9. The third kappa shape index (κ3) is 3.28. The maximum atomic E-state index is 12.9. The molecule has 2 heterocycles. The lowest BCUT2D eigenvalue weighted by molar-refractivity contribution is -0.113. The number of nitrogens with zero attached hydrogens (tertiary/aromatic N) is 1. The SMILES string of the molecule is O=C1/C(=C\c2ccc(-c3cccc4ccccc34)o2)SC(=S)N1c1ccccc1. The Hall–Kier alpha value is -3.15. The van der Waals surface area contributed by atoms with E-state index in [1.807, 2.05) is 66.7 Å². The summed E-state index contributed by atoms with van der Waals surface area (Å²) in [4.78, 5) is 15.0. The summed E-state index contributed by atoms with van der Waals surface area (Å²) in [7, 11) is 0. The minimum Gasteiger partial charge on any atom is -0.457 e. The predicted octanol–water partition coefficient (Wildman–Crippen LogP) is 6.51. The van der Waals surface area contributed by atoms with Gasteiger partial charge in [0.2, 0.25) is 0 Å². The van der Waals surface area contributed by atoms with Crippen LogP contribution in [-0.2, 0) is 4.79 Å². The van der Waals surface area contributed by atoms with Crippen molar-refractivity contribution in [3.8, 4) is 11.3 Å². The molecule has 0 aliphatic carbocycles. The van der Waals surface area contributed by atoms with Crippen LogP contribution < -0.4 is 4.90 Å². The Kier molecular flexibility index (Phi) is 4.54. The third-order valence-corrected chi connectivity index (χ3v) is 6.07. The van der Waals surface area contributed by atoms with E-state index in [-0.39, 0.29) is 5.91 Å². The van der Waals surface area contributed by atoms with Crippen molar-refractivity contribution >= 4 is 56.7 Å². The largest absolute Gasteiger partial charge is 0.457 e. The van der Waals surface area contributed by atoms with Crippen molar-refractivity contribution in [2.45, 2.75) is 0 Å². The zero-order valence-electron chi connectivity index (χ0n) is 15.2. The molecule has 29 heavy (non-hydrogen) atoms. The normalized spacial score (nSPS) is 15.6. The first-order valence-corrected chi connectivity index (χ1v) is 10.3. The van der Waals surface area contributed by atoms with E-state index in [0.717, 1.165) is 27.8 Å². The molecule has 1 aliphatic rings. The molecule has 0 saturated carbocycles. The maximum Gasteiger partial charge on any atom is 0.270 e. The van der Waals surface area contributed by atoms with Crippen LogP contribution in [-0.4, -0.2) is 10.2 Å². The van der Waals surface area contributed by atoms with Gasteiger partial charge in [0.1, 0.15) is 11.5 Å². The number of carbonyl (C=O) groups is 1. The van der Waals surface area contributed by atoms with Gasteiger partial charge in [-0.15, -0.1) is 0 Å². The lowest BCUT2D eigenvalue weighted by Gasteiger charge is -2.13. The molecule has 0 N–H and O–H groups in total. The lowest BCUT2D eigenvalue weighted by Crippen LogP contribution is -2.27. The van der Waals surface area contributed by atoms with Crippen molar-refractivity contribution in [1.29, 1.82) is 0 Å². The Bertz CT molecular complexity index is 1270. The van der Waals surface area contributed by atoms with Crippen LogP contribution in [0, 0.1) is 0 Å². The fourth-order valence-corrected chi connectivity index (χ4v) is 4.69. The topological polar surface area (TPSA) is 33.5 Å². The van der Waals surface area contributed by atoms with Gasteiger partial charge < -0.3 is 4.42 Å². The van der Waals surface area contributed by atoms with Crippen molar-refractivity contribution in [2.24, 2.45) is 0 Å². The van der Waals surface area contributed by atoms with Gasteiger partial charge in [0, 0.05) is 11.6 Å². The van der Waals surface area contributed by atoms with Crippen LogP contribution >= 0.6 is 24.0 Å². The van der Waals surface area contributed by atoms with E-state index in [2.05, 4.69) is 18.2 Å². The van der Waals surface area contributed by atoms with Crippen molar-refractivity contribution < 1.29 is 9.21 Å². The van der Waals surface area contributed by atoms with E-state index < -0.39 is 0 Å². The first-order valence-electron chi connectivity index (χ1n) is 9.12. The number of fused-ring (bicyclic) bond motifs is 1. The smallest absolute Gasteiger partial charge is 0.270 e. The Morgan fingerprint density at radius 2 is 1.62 bits per heavy atom. The highest BCUT2D eigenvalue weighted by molar-refractivity contribution is 8.27. The summed E-state index contributed by atoms with van der Waals surface area (Å²) in [6.45, 7) is 0. The molecule has 4 aromatic rings.